The number of aromatic carboxylic acids is 1. The van der Waals surface area contributed by atoms with Crippen LogP contribution >= 0.6 is 0 Å². The number of aromatic nitrogens is 4. The van der Waals surface area contributed by atoms with Crippen LogP contribution in [-0.2, 0) is 6.42 Å². The van der Waals surface area contributed by atoms with Crippen molar-refractivity contribution in [3.05, 3.63) is 36.0 Å². The molecule has 2 rings (SSSR count). The lowest BCUT2D eigenvalue weighted by atomic mass is 10.2. The maximum absolute atomic E-state index is 10.9. The number of aryl methyl sites for hydroxylation is 1. The van der Waals surface area contributed by atoms with E-state index in [9.17, 15) is 4.79 Å². The summed E-state index contributed by atoms with van der Waals surface area (Å²) in [5.41, 5.74) is 0.871. The van der Waals surface area contributed by atoms with Gasteiger partial charge >= 0.3 is 5.97 Å². The number of carbonyl (C=O) groups is 1. The molecule has 0 saturated carbocycles. The topological polar surface area (TPSA) is 80.9 Å². The van der Waals surface area contributed by atoms with Gasteiger partial charge in [-0.25, -0.2) is 19.4 Å². The summed E-state index contributed by atoms with van der Waals surface area (Å²) in [5.74, 6) is -0.453. The van der Waals surface area contributed by atoms with Crippen molar-refractivity contribution in [1.82, 2.24) is 19.7 Å². The van der Waals surface area contributed by atoms with Crippen LogP contribution in [0.2, 0.25) is 0 Å². The number of rotatable bonds is 4. The second-order valence-corrected chi connectivity index (χ2v) is 3.56. The van der Waals surface area contributed by atoms with Crippen LogP contribution in [0.3, 0.4) is 0 Å². The molecule has 17 heavy (non-hydrogen) atoms. The Bertz CT molecular complexity index is 522. The minimum atomic E-state index is -1.03. The van der Waals surface area contributed by atoms with Gasteiger partial charge in [0.1, 0.15) is 6.33 Å². The summed E-state index contributed by atoms with van der Waals surface area (Å²) in [6.45, 7) is 2.03. The highest BCUT2D eigenvalue weighted by Crippen LogP contribution is 2.12. The second-order valence-electron chi connectivity index (χ2n) is 3.56. The van der Waals surface area contributed by atoms with Gasteiger partial charge in [-0.1, -0.05) is 13.3 Å². The highest BCUT2D eigenvalue weighted by molar-refractivity contribution is 5.85. The summed E-state index contributed by atoms with van der Waals surface area (Å²) >= 11 is 0. The van der Waals surface area contributed by atoms with Crippen molar-refractivity contribution < 1.29 is 9.90 Å². The van der Waals surface area contributed by atoms with Crippen molar-refractivity contribution >= 4 is 5.97 Å². The monoisotopic (exact) mass is 232 g/mol. The molecule has 0 spiro atoms. The maximum Gasteiger partial charge on any atom is 0.356 e. The first-order valence-electron chi connectivity index (χ1n) is 5.31. The third-order valence-electron chi connectivity index (χ3n) is 2.29. The quantitative estimate of drug-likeness (QED) is 0.859. The van der Waals surface area contributed by atoms with Gasteiger partial charge in [-0.3, -0.25) is 0 Å². The molecule has 0 aromatic carbocycles. The highest BCUT2D eigenvalue weighted by Gasteiger charge is 2.14. The predicted octanol–water partition coefficient (Wildman–Crippen LogP) is 1.31. The number of nitrogens with zero attached hydrogens (tertiary/aromatic N) is 4. The van der Waals surface area contributed by atoms with Crippen LogP contribution in [0.5, 0.6) is 0 Å². The van der Waals surface area contributed by atoms with E-state index in [1.54, 1.807) is 23.0 Å². The lowest BCUT2D eigenvalue weighted by Gasteiger charge is -2.03. The Morgan fingerprint density at radius 3 is 2.94 bits per heavy atom. The van der Waals surface area contributed by atoms with E-state index in [0.29, 0.717) is 5.82 Å². The van der Waals surface area contributed by atoms with Crippen molar-refractivity contribution in [3.8, 4) is 5.82 Å². The molecule has 0 atom stereocenters. The van der Waals surface area contributed by atoms with Crippen molar-refractivity contribution in [2.24, 2.45) is 0 Å². The minimum Gasteiger partial charge on any atom is -0.476 e. The zero-order valence-corrected chi connectivity index (χ0v) is 9.37. The number of carboxylic acids is 1. The minimum absolute atomic E-state index is 0.0343. The normalized spacial score (nSPS) is 10.4. The molecule has 88 valence electrons. The Hall–Kier alpha value is -2.24. The third kappa shape index (κ3) is 2.30. The van der Waals surface area contributed by atoms with Crippen molar-refractivity contribution in [2.75, 3.05) is 0 Å². The first-order chi connectivity index (χ1) is 8.22. The third-order valence-corrected chi connectivity index (χ3v) is 2.29. The van der Waals surface area contributed by atoms with E-state index in [1.807, 2.05) is 6.92 Å². The average molecular weight is 232 g/mol. The summed E-state index contributed by atoms with van der Waals surface area (Å²) in [4.78, 5) is 18.8. The van der Waals surface area contributed by atoms with E-state index in [2.05, 4.69) is 15.1 Å². The molecule has 0 radical (unpaired) electrons. The fourth-order valence-corrected chi connectivity index (χ4v) is 1.57. The molecule has 2 heterocycles. The number of carboxylic acid groups (broad SMARTS) is 1. The Kier molecular flexibility index (Phi) is 3.13. The predicted molar refractivity (Wildman–Crippen MR) is 60.1 cm³/mol. The van der Waals surface area contributed by atoms with Gasteiger partial charge in [-0.05, 0) is 12.5 Å². The Labute approximate surface area is 98.0 Å². The lowest BCUT2D eigenvalue weighted by molar-refractivity contribution is 0.0690. The van der Waals surface area contributed by atoms with Crippen LogP contribution < -0.4 is 0 Å². The van der Waals surface area contributed by atoms with Crippen LogP contribution in [0.4, 0.5) is 0 Å². The van der Waals surface area contributed by atoms with Crippen LogP contribution in [0.15, 0.2) is 24.7 Å². The standard InChI is InChI=1S/C11H12N4O2/c1-2-3-8-6-9(11(16)17)14-15(8)10-4-5-12-7-13-10/h4-7H,2-3H2,1H3,(H,16,17). The Morgan fingerprint density at radius 2 is 2.35 bits per heavy atom. The summed E-state index contributed by atoms with van der Waals surface area (Å²) in [7, 11) is 0. The second kappa shape index (κ2) is 4.73. The van der Waals surface area contributed by atoms with Gasteiger partial charge in [0.2, 0.25) is 0 Å². The van der Waals surface area contributed by atoms with Gasteiger partial charge in [0.25, 0.3) is 0 Å². The summed E-state index contributed by atoms with van der Waals surface area (Å²) < 4.78 is 1.55. The van der Waals surface area contributed by atoms with Gasteiger partial charge in [-0.15, -0.1) is 0 Å². The van der Waals surface area contributed by atoms with Gasteiger partial charge in [0, 0.05) is 18.0 Å². The van der Waals surface area contributed by atoms with E-state index in [4.69, 9.17) is 5.11 Å². The van der Waals surface area contributed by atoms with E-state index < -0.39 is 5.97 Å². The molecule has 0 aliphatic heterocycles. The summed E-state index contributed by atoms with van der Waals surface area (Å²) in [5, 5.41) is 13.0. The molecule has 1 N–H and O–H groups in total. The van der Waals surface area contributed by atoms with E-state index >= 15 is 0 Å². The fourth-order valence-electron chi connectivity index (χ4n) is 1.57. The first-order valence-corrected chi connectivity index (χ1v) is 5.31. The van der Waals surface area contributed by atoms with Gasteiger partial charge in [0.15, 0.2) is 11.5 Å². The molecule has 2 aromatic heterocycles. The molecule has 6 heteroatoms. The SMILES string of the molecule is CCCc1cc(C(=O)O)nn1-c1ccncn1. The van der Waals surface area contributed by atoms with E-state index in [0.717, 1.165) is 18.5 Å². The smallest absolute Gasteiger partial charge is 0.356 e. The van der Waals surface area contributed by atoms with Crippen molar-refractivity contribution in [3.63, 3.8) is 0 Å². The number of hydrogen-bond acceptors (Lipinski definition) is 4. The molecule has 0 fully saturated rings. The molecule has 0 unspecified atom stereocenters. The average Bonchev–Trinajstić information content (AvgIpc) is 2.75. The van der Waals surface area contributed by atoms with Crippen LogP contribution in [0, 0.1) is 0 Å². The zero-order valence-electron chi connectivity index (χ0n) is 9.37. The van der Waals surface area contributed by atoms with Gasteiger partial charge in [-0.2, -0.15) is 5.10 Å². The van der Waals surface area contributed by atoms with Crippen LogP contribution in [0.25, 0.3) is 5.82 Å². The fraction of sp³-hybridized carbons (Fsp3) is 0.273. The molecule has 0 saturated heterocycles. The summed E-state index contributed by atoms with van der Waals surface area (Å²) in [6, 6.07) is 3.27. The largest absolute Gasteiger partial charge is 0.476 e. The van der Waals surface area contributed by atoms with E-state index in [-0.39, 0.29) is 5.69 Å². The molecule has 0 aliphatic carbocycles. The zero-order chi connectivity index (χ0) is 12.3. The van der Waals surface area contributed by atoms with Crippen molar-refractivity contribution in [2.45, 2.75) is 19.8 Å². The molecular weight excluding hydrogens is 220 g/mol. The van der Waals surface area contributed by atoms with Gasteiger partial charge < -0.3 is 5.11 Å². The Morgan fingerprint density at radius 1 is 1.53 bits per heavy atom. The van der Waals surface area contributed by atoms with Crippen LogP contribution in [0.1, 0.15) is 29.5 Å². The molecule has 6 nitrogen and oxygen atoms in total. The van der Waals surface area contributed by atoms with Crippen molar-refractivity contribution in [1.29, 1.82) is 0 Å². The van der Waals surface area contributed by atoms with Gasteiger partial charge in [0.05, 0.1) is 0 Å². The van der Waals surface area contributed by atoms with Crippen LogP contribution in [-0.4, -0.2) is 30.8 Å². The summed E-state index contributed by atoms with van der Waals surface area (Å²) in [6.07, 6.45) is 4.67. The molecule has 0 bridgehead atoms. The Balaban J connectivity index is 2.48. The lowest BCUT2D eigenvalue weighted by Crippen LogP contribution is -2.05. The highest BCUT2D eigenvalue weighted by atomic mass is 16.4. The maximum atomic E-state index is 10.9. The first kappa shape index (κ1) is 11.3. The molecular formula is C11H12N4O2. The van der Waals surface area contributed by atoms with E-state index in [1.165, 1.54) is 6.33 Å². The molecule has 0 amide bonds. The number of hydrogen-bond donors (Lipinski definition) is 1. The molecule has 0 aliphatic rings. The molecule has 2 aromatic rings.